The predicted molar refractivity (Wildman–Crippen MR) is 65.2 cm³/mol. The highest BCUT2D eigenvalue weighted by Gasteiger charge is 2.13. The zero-order valence-corrected chi connectivity index (χ0v) is 10.1. The molecule has 0 aliphatic heterocycles. The molecule has 0 aromatic heterocycles. The Bertz CT molecular complexity index is 308. The average molecular weight is 241 g/mol. The van der Waals surface area contributed by atoms with E-state index in [0.717, 1.165) is 19.3 Å². The van der Waals surface area contributed by atoms with Gasteiger partial charge >= 0.3 is 5.97 Å². The normalized spacial score (nSPS) is 11.9. The van der Waals surface area contributed by atoms with Crippen LogP contribution >= 0.6 is 0 Å². The van der Waals surface area contributed by atoms with Crippen LogP contribution in [-0.2, 0) is 4.79 Å². The van der Waals surface area contributed by atoms with Gasteiger partial charge < -0.3 is 5.11 Å². The molecule has 0 bridgehead atoms. The van der Waals surface area contributed by atoms with Gasteiger partial charge in [0.1, 0.15) is 6.42 Å². The molecule has 0 fully saturated rings. The number of aliphatic carboxylic acids is 1. The van der Waals surface area contributed by atoms with Gasteiger partial charge in [0.05, 0.1) is 4.92 Å². The van der Waals surface area contributed by atoms with Crippen molar-refractivity contribution in [3.05, 3.63) is 34.0 Å². The highest BCUT2D eigenvalue weighted by atomic mass is 16.6. The highest BCUT2D eigenvalue weighted by molar-refractivity contribution is 5.69. The van der Waals surface area contributed by atoms with Gasteiger partial charge in [-0.05, 0) is 25.3 Å². The molecule has 0 rings (SSSR count). The zero-order valence-electron chi connectivity index (χ0n) is 10.1. The number of hydrogen-bond acceptors (Lipinski definition) is 3. The first-order chi connectivity index (χ1) is 8.07. The maximum Gasteiger partial charge on any atom is 0.314 e. The van der Waals surface area contributed by atoms with Crippen molar-refractivity contribution < 1.29 is 14.8 Å². The minimum absolute atomic E-state index is 0.254. The number of nitro groups is 1. The molecule has 0 aromatic rings. The lowest BCUT2D eigenvalue weighted by Gasteiger charge is -1.93. The van der Waals surface area contributed by atoms with Gasteiger partial charge in [-0.25, -0.2) is 0 Å². The van der Waals surface area contributed by atoms with Crippen LogP contribution in [0.5, 0.6) is 0 Å². The zero-order chi connectivity index (χ0) is 13.1. The monoisotopic (exact) mass is 241 g/mol. The van der Waals surface area contributed by atoms with Crippen molar-refractivity contribution in [3.63, 3.8) is 0 Å². The molecule has 0 spiro atoms. The molecule has 0 saturated heterocycles. The Hall–Kier alpha value is -1.65. The molecule has 0 heterocycles. The fourth-order valence-corrected chi connectivity index (χ4v) is 1.30. The summed E-state index contributed by atoms with van der Waals surface area (Å²) in [5, 5.41) is 19.0. The van der Waals surface area contributed by atoms with E-state index in [1.165, 1.54) is 12.5 Å². The third kappa shape index (κ3) is 9.29. The molecule has 0 unspecified atom stereocenters. The summed E-state index contributed by atoms with van der Waals surface area (Å²) in [5.74, 6) is -1.18. The van der Waals surface area contributed by atoms with Crippen molar-refractivity contribution >= 4 is 5.97 Å². The Balaban J connectivity index is 4.00. The molecule has 96 valence electrons. The minimum atomic E-state index is -1.18. The van der Waals surface area contributed by atoms with Crippen LogP contribution in [0.15, 0.2) is 23.9 Å². The van der Waals surface area contributed by atoms with Crippen molar-refractivity contribution in [1.82, 2.24) is 0 Å². The van der Waals surface area contributed by atoms with Gasteiger partial charge in [-0.3, -0.25) is 14.9 Å². The van der Waals surface area contributed by atoms with Crippen molar-refractivity contribution in [2.24, 2.45) is 0 Å². The lowest BCUT2D eigenvalue weighted by atomic mass is 10.2. The van der Waals surface area contributed by atoms with Gasteiger partial charge in [0.25, 0.3) is 5.70 Å². The second kappa shape index (κ2) is 9.57. The van der Waals surface area contributed by atoms with E-state index in [1.54, 1.807) is 0 Å². The van der Waals surface area contributed by atoms with Crippen molar-refractivity contribution in [3.8, 4) is 0 Å². The number of carboxylic acid groups (broad SMARTS) is 1. The van der Waals surface area contributed by atoms with E-state index in [1.807, 2.05) is 12.2 Å². The molecule has 17 heavy (non-hydrogen) atoms. The second-order valence-corrected chi connectivity index (χ2v) is 3.73. The van der Waals surface area contributed by atoms with Gasteiger partial charge in [0.15, 0.2) is 0 Å². The first-order valence-corrected chi connectivity index (χ1v) is 5.78. The predicted octanol–water partition coefficient (Wildman–Crippen LogP) is 3.15. The molecule has 0 radical (unpaired) electrons. The number of carboxylic acids is 1. The highest BCUT2D eigenvalue weighted by Crippen LogP contribution is 2.05. The second-order valence-electron chi connectivity index (χ2n) is 3.73. The molecule has 0 aliphatic carbocycles. The number of unbranched alkanes of at least 4 members (excludes halogenated alkanes) is 3. The summed E-state index contributed by atoms with van der Waals surface area (Å²) < 4.78 is 0. The SMILES string of the molecule is CCCCCC=CCC=C(CC(=O)O)[N+](=O)[O-]. The first kappa shape index (κ1) is 15.3. The van der Waals surface area contributed by atoms with Crippen LogP contribution in [0.4, 0.5) is 0 Å². The van der Waals surface area contributed by atoms with E-state index in [0.29, 0.717) is 6.42 Å². The summed E-state index contributed by atoms with van der Waals surface area (Å²) in [6.07, 6.45) is 9.47. The fraction of sp³-hybridized carbons (Fsp3) is 0.583. The van der Waals surface area contributed by atoms with Crippen LogP contribution in [0.1, 0.15) is 45.4 Å². The minimum Gasteiger partial charge on any atom is -0.481 e. The first-order valence-electron chi connectivity index (χ1n) is 5.78. The van der Waals surface area contributed by atoms with Crippen molar-refractivity contribution in [1.29, 1.82) is 0 Å². The maximum absolute atomic E-state index is 10.5. The molecule has 0 amide bonds. The molecule has 0 saturated carbocycles. The quantitative estimate of drug-likeness (QED) is 0.291. The topological polar surface area (TPSA) is 80.4 Å². The van der Waals surface area contributed by atoms with Gasteiger partial charge in [0, 0.05) is 0 Å². The molecule has 0 aromatic carbocycles. The largest absolute Gasteiger partial charge is 0.481 e. The fourth-order valence-electron chi connectivity index (χ4n) is 1.30. The lowest BCUT2D eigenvalue weighted by molar-refractivity contribution is -0.427. The number of rotatable bonds is 9. The molecule has 0 atom stereocenters. The van der Waals surface area contributed by atoms with E-state index in [2.05, 4.69) is 6.92 Å². The number of allylic oxidation sites excluding steroid dienone is 3. The number of hydrogen-bond donors (Lipinski definition) is 1. The molecular formula is C12H19NO4. The van der Waals surface area contributed by atoms with E-state index in [-0.39, 0.29) is 5.70 Å². The standard InChI is InChI=1S/C12H19NO4/c1-2-3-4-5-6-7-8-9-11(13(16)17)10-12(14)15/h6-7,9H,2-5,8,10H2,1H3,(H,14,15). The van der Waals surface area contributed by atoms with Crippen LogP contribution in [-0.4, -0.2) is 16.0 Å². The summed E-state index contributed by atoms with van der Waals surface area (Å²) in [7, 11) is 0. The Morgan fingerprint density at radius 3 is 2.59 bits per heavy atom. The van der Waals surface area contributed by atoms with Gasteiger partial charge in [-0.15, -0.1) is 0 Å². The van der Waals surface area contributed by atoms with E-state index >= 15 is 0 Å². The van der Waals surface area contributed by atoms with Crippen molar-refractivity contribution in [2.45, 2.75) is 45.4 Å². The van der Waals surface area contributed by atoms with Gasteiger partial charge in [0.2, 0.25) is 0 Å². The Labute approximate surface area is 101 Å². The van der Waals surface area contributed by atoms with Crippen LogP contribution in [0.25, 0.3) is 0 Å². The molecule has 5 heteroatoms. The smallest absolute Gasteiger partial charge is 0.314 e. The summed E-state index contributed by atoms with van der Waals surface area (Å²) in [6.45, 7) is 2.13. The molecule has 5 nitrogen and oxygen atoms in total. The number of nitrogens with zero attached hydrogens (tertiary/aromatic N) is 1. The summed E-state index contributed by atoms with van der Waals surface area (Å²) in [6, 6.07) is 0. The molecule has 0 aliphatic rings. The van der Waals surface area contributed by atoms with E-state index in [9.17, 15) is 14.9 Å². The third-order valence-corrected chi connectivity index (χ3v) is 2.20. The Morgan fingerprint density at radius 1 is 1.35 bits per heavy atom. The molecule has 1 N–H and O–H groups in total. The van der Waals surface area contributed by atoms with E-state index in [4.69, 9.17) is 5.11 Å². The average Bonchev–Trinajstić information content (AvgIpc) is 2.25. The molecular weight excluding hydrogens is 222 g/mol. The van der Waals surface area contributed by atoms with Crippen molar-refractivity contribution in [2.75, 3.05) is 0 Å². The summed E-state index contributed by atoms with van der Waals surface area (Å²) in [5.41, 5.74) is -0.254. The van der Waals surface area contributed by atoms with Crippen LogP contribution in [0.2, 0.25) is 0 Å². The Kier molecular flexibility index (Phi) is 8.64. The number of carbonyl (C=O) groups is 1. The van der Waals surface area contributed by atoms with E-state index < -0.39 is 17.3 Å². The summed E-state index contributed by atoms with van der Waals surface area (Å²) >= 11 is 0. The van der Waals surface area contributed by atoms with Crippen LogP contribution < -0.4 is 0 Å². The van der Waals surface area contributed by atoms with Crippen LogP contribution in [0.3, 0.4) is 0 Å². The van der Waals surface area contributed by atoms with Gasteiger partial charge in [-0.2, -0.15) is 0 Å². The van der Waals surface area contributed by atoms with Crippen LogP contribution in [0, 0.1) is 10.1 Å². The van der Waals surface area contributed by atoms with Gasteiger partial charge in [-0.1, -0.05) is 31.9 Å². The third-order valence-electron chi connectivity index (χ3n) is 2.20. The lowest BCUT2D eigenvalue weighted by Crippen LogP contribution is -2.05. The Morgan fingerprint density at radius 2 is 2.06 bits per heavy atom. The maximum atomic E-state index is 10.5. The summed E-state index contributed by atoms with van der Waals surface area (Å²) in [4.78, 5) is 20.2.